The molecule has 0 radical (unpaired) electrons. The van der Waals surface area contributed by atoms with Gasteiger partial charge in [-0.25, -0.2) is 4.98 Å². The second kappa shape index (κ2) is 5.65. The van der Waals surface area contributed by atoms with Crippen molar-refractivity contribution >= 4 is 17.3 Å². The lowest BCUT2D eigenvalue weighted by Crippen LogP contribution is -2.11. The molecule has 3 nitrogen and oxygen atoms in total. The first-order valence-electron chi connectivity index (χ1n) is 6.41. The topological polar surface area (TPSA) is 33.2 Å². The van der Waals surface area contributed by atoms with Gasteiger partial charge in [-0.3, -0.25) is 4.79 Å². The number of Topliss-reactive ketones (excluding diaryl/α,β-unsaturated/α-hetero) is 1. The summed E-state index contributed by atoms with van der Waals surface area (Å²) >= 11 is 0. The van der Waals surface area contributed by atoms with Crippen LogP contribution in [0.5, 0.6) is 0 Å². The molecule has 1 heterocycles. The fourth-order valence-corrected chi connectivity index (χ4v) is 1.88. The quantitative estimate of drug-likeness (QED) is 0.781. The van der Waals surface area contributed by atoms with E-state index in [-0.39, 0.29) is 5.78 Å². The Bertz CT molecular complexity index is 558. The van der Waals surface area contributed by atoms with Gasteiger partial charge < -0.3 is 4.90 Å². The molecule has 0 fully saturated rings. The number of benzene rings is 1. The molecule has 0 unspecified atom stereocenters. The van der Waals surface area contributed by atoms with E-state index in [1.807, 2.05) is 24.1 Å². The highest BCUT2D eigenvalue weighted by Gasteiger charge is 2.06. The van der Waals surface area contributed by atoms with Crippen LogP contribution in [0.15, 0.2) is 42.6 Å². The van der Waals surface area contributed by atoms with E-state index in [1.54, 1.807) is 13.1 Å². The van der Waals surface area contributed by atoms with Gasteiger partial charge in [0.25, 0.3) is 0 Å². The Morgan fingerprint density at radius 1 is 1.16 bits per heavy atom. The molecule has 1 aromatic carbocycles. The molecule has 0 N–H and O–H groups in total. The number of hydrogen-bond donors (Lipinski definition) is 0. The Kier molecular flexibility index (Phi) is 3.95. The fourth-order valence-electron chi connectivity index (χ4n) is 1.88. The van der Waals surface area contributed by atoms with Gasteiger partial charge in [-0.15, -0.1) is 0 Å². The van der Waals surface area contributed by atoms with E-state index in [2.05, 4.69) is 36.2 Å². The van der Waals surface area contributed by atoms with Crippen LogP contribution in [0, 0.1) is 0 Å². The Morgan fingerprint density at radius 3 is 2.32 bits per heavy atom. The Morgan fingerprint density at radius 2 is 1.84 bits per heavy atom. The third kappa shape index (κ3) is 2.99. The maximum atomic E-state index is 11.2. The lowest BCUT2D eigenvalue weighted by Gasteiger charge is -2.18. The molecule has 1 aromatic heterocycles. The van der Waals surface area contributed by atoms with Crippen LogP contribution < -0.4 is 4.90 Å². The molecule has 19 heavy (non-hydrogen) atoms. The molecule has 2 aromatic rings. The summed E-state index contributed by atoms with van der Waals surface area (Å²) in [6.07, 6.45) is 2.66. The summed E-state index contributed by atoms with van der Waals surface area (Å²) < 4.78 is 0. The molecule has 0 atom stereocenters. The largest absolute Gasteiger partial charge is 0.329 e. The van der Waals surface area contributed by atoms with Crippen LogP contribution in [0.2, 0.25) is 0 Å². The molecule has 2 rings (SSSR count). The van der Waals surface area contributed by atoms with E-state index in [0.29, 0.717) is 5.56 Å². The highest BCUT2D eigenvalue weighted by atomic mass is 16.1. The standard InChI is InChI=1S/C16H18N2O/c1-4-13-5-8-15(9-6-13)18(3)16-10-7-14(11-17-16)12(2)19/h5-11H,4H2,1-3H3. The number of aryl methyl sites for hydroxylation is 1. The maximum absolute atomic E-state index is 11.2. The summed E-state index contributed by atoms with van der Waals surface area (Å²) in [5, 5.41) is 0. The number of pyridine rings is 1. The van der Waals surface area contributed by atoms with Gasteiger partial charge in [0.05, 0.1) is 0 Å². The lowest BCUT2D eigenvalue weighted by atomic mass is 10.1. The lowest BCUT2D eigenvalue weighted by molar-refractivity contribution is 0.101. The van der Waals surface area contributed by atoms with Gasteiger partial charge in [0, 0.05) is 24.5 Å². The molecule has 0 aliphatic heterocycles. The van der Waals surface area contributed by atoms with Gasteiger partial charge in [-0.2, -0.15) is 0 Å². The van der Waals surface area contributed by atoms with Gasteiger partial charge in [-0.1, -0.05) is 19.1 Å². The van der Waals surface area contributed by atoms with Crippen LogP contribution in [0.3, 0.4) is 0 Å². The summed E-state index contributed by atoms with van der Waals surface area (Å²) in [4.78, 5) is 17.5. The molecular weight excluding hydrogens is 236 g/mol. The summed E-state index contributed by atoms with van der Waals surface area (Å²) in [6.45, 7) is 3.69. The van der Waals surface area contributed by atoms with Crippen molar-refractivity contribution in [1.29, 1.82) is 0 Å². The normalized spacial score (nSPS) is 10.3. The molecule has 0 saturated heterocycles. The van der Waals surface area contributed by atoms with Crippen molar-refractivity contribution < 1.29 is 4.79 Å². The molecule has 0 bridgehead atoms. The average molecular weight is 254 g/mol. The second-order valence-corrected chi connectivity index (χ2v) is 4.54. The first-order chi connectivity index (χ1) is 9.11. The second-order valence-electron chi connectivity index (χ2n) is 4.54. The summed E-state index contributed by atoms with van der Waals surface area (Å²) in [7, 11) is 1.97. The van der Waals surface area contributed by atoms with Crippen molar-refractivity contribution in [2.45, 2.75) is 20.3 Å². The SMILES string of the molecule is CCc1ccc(N(C)c2ccc(C(C)=O)cn2)cc1. The van der Waals surface area contributed by atoms with Crippen molar-refractivity contribution in [2.75, 3.05) is 11.9 Å². The summed E-state index contributed by atoms with van der Waals surface area (Å²) in [6, 6.07) is 12.1. The number of carbonyl (C=O) groups is 1. The van der Waals surface area contributed by atoms with Gasteiger partial charge in [0.2, 0.25) is 0 Å². The van der Waals surface area contributed by atoms with Crippen LogP contribution >= 0.6 is 0 Å². The predicted molar refractivity (Wildman–Crippen MR) is 78.1 cm³/mol. The highest BCUT2D eigenvalue weighted by molar-refractivity contribution is 5.93. The minimum absolute atomic E-state index is 0.0361. The molecule has 3 heteroatoms. The Balaban J connectivity index is 2.22. The van der Waals surface area contributed by atoms with E-state index in [0.717, 1.165) is 17.9 Å². The van der Waals surface area contributed by atoms with Gasteiger partial charge in [0.1, 0.15) is 5.82 Å². The van der Waals surface area contributed by atoms with Crippen molar-refractivity contribution in [1.82, 2.24) is 4.98 Å². The zero-order chi connectivity index (χ0) is 13.8. The zero-order valence-electron chi connectivity index (χ0n) is 11.6. The van der Waals surface area contributed by atoms with Gasteiger partial charge >= 0.3 is 0 Å². The maximum Gasteiger partial charge on any atom is 0.161 e. The van der Waals surface area contributed by atoms with Crippen LogP contribution in [0.25, 0.3) is 0 Å². The van der Waals surface area contributed by atoms with Crippen molar-refractivity contribution in [3.05, 3.63) is 53.7 Å². The number of ketones is 1. The number of anilines is 2. The van der Waals surface area contributed by atoms with E-state index >= 15 is 0 Å². The number of rotatable bonds is 4. The minimum Gasteiger partial charge on any atom is -0.329 e. The minimum atomic E-state index is 0.0361. The van der Waals surface area contributed by atoms with Crippen molar-refractivity contribution in [3.63, 3.8) is 0 Å². The molecule has 0 amide bonds. The molecule has 0 aliphatic rings. The smallest absolute Gasteiger partial charge is 0.161 e. The summed E-state index contributed by atoms with van der Waals surface area (Å²) in [5.41, 5.74) is 3.04. The third-order valence-electron chi connectivity index (χ3n) is 3.23. The van der Waals surface area contributed by atoms with E-state index in [1.165, 1.54) is 5.56 Å². The van der Waals surface area contributed by atoms with Crippen LogP contribution in [-0.2, 0) is 6.42 Å². The summed E-state index contributed by atoms with van der Waals surface area (Å²) in [5.74, 6) is 0.864. The van der Waals surface area contributed by atoms with Gasteiger partial charge in [-0.05, 0) is 43.2 Å². The molecule has 98 valence electrons. The monoisotopic (exact) mass is 254 g/mol. The molecule has 0 spiro atoms. The number of nitrogens with zero attached hydrogens (tertiary/aromatic N) is 2. The number of carbonyl (C=O) groups excluding carboxylic acids is 1. The van der Waals surface area contributed by atoms with Crippen LogP contribution in [0.4, 0.5) is 11.5 Å². The molecular formula is C16H18N2O. The van der Waals surface area contributed by atoms with Crippen LogP contribution in [0.1, 0.15) is 29.8 Å². The molecule has 0 saturated carbocycles. The fraction of sp³-hybridized carbons (Fsp3) is 0.250. The predicted octanol–water partition coefficient (Wildman–Crippen LogP) is 3.61. The number of aromatic nitrogens is 1. The highest BCUT2D eigenvalue weighted by Crippen LogP contribution is 2.22. The first kappa shape index (κ1) is 13.3. The van der Waals surface area contributed by atoms with E-state index < -0.39 is 0 Å². The Labute approximate surface area is 113 Å². The molecule has 0 aliphatic carbocycles. The average Bonchev–Trinajstić information content (AvgIpc) is 2.46. The van der Waals surface area contributed by atoms with E-state index in [4.69, 9.17) is 0 Å². The number of hydrogen-bond acceptors (Lipinski definition) is 3. The Hall–Kier alpha value is -2.16. The van der Waals surface area contributed by atoms with Crippen LogP contribution in [-0.4, -0.2) is 17.8 Å². The zero-order valence-corrected chi connectivity index (χ0v) is 11.6. The van der Waals surface area contributed by atoms with Crippen molar-refractivity contribution in [2.24, 2.45) is 0 Å². The van der Waals surface area contributed by atoms with E-state index in [9.17, 15) is 4.79 Å². The van der Waals surface area contributed by atoms with Gasteiger partial charge in [0.15, 0.2) is 5.78 Å². The van der Waals surface area contributed by atoms with Crippen molar-refractivity contribution in [3.8, 4) is 0 Å². The third-order valence-corrected chi connectivity index (χ3v) is 3.23. The first-order valence-corrected chi connectivity index (χ1v) is 6.41.